The maximum absolute atomic E-state index is 10.6. The Morgan fingerprint density at radius 3 is 2.45 bits per heavy atom. The molecule has 0 amide bonds. The molecule has 158 valence electrons. The van der Waals surface area contributed by atoms with Crippen molar-refractivity contribution < 1.29 is 30.0 Å². The highest BCUT2D eigenvalue weighted by molar-refractivity contribution is 8.16. The van der Waals surface area contributed by atoms with Crippen LogP contribution in [0.25, 0.3) is 0 Å². The molecule has 0 saturated carbocycles. The van der Waals surface area contributed by atoms with E-state index < -0.39 is 35.2 Å². The van der Waals surface area contributed by atoms with Gasteiger partial charge in [0, 0.05) is 11.0 Å². The highest BCUT2D eigenvalue weighted by atomic mass is 32.2. The highest BCUT2D eigenvalue weighted by Gasteiger charge is 2.40. The number of thiol groups is 1. The number of aliphatic hydroxyl groups is 3. The van der Waals surface area contributed by atoms with Crippen LogP contribution in [-0.2, 0) is 11.2 Å². The Bertz CT molecular complexity index is 853. The molecule has 3 rings (SSSR count). The average molecular weight is 421 g/mol. The van der Waals surface area contributed by atoms with Gasteiger partial charge in [0.2, 0.25) is 0 Å². The molecular weight excluding hydrogens is 392 g/mol. The monoisotopic (exact) mass is 420 g/mol. The Labute approximate surface area is 173 Å². The molecule has 1 fully saturated rings. The molecule has 1 saturated heterocycles. The number of carboxylic acids is 1. The van der Waals surface area contributed by atoms with Crippen LogP contribution in [0.4, 0.5) is 0 Å². The SMILES string of the molecule is Cc1ccc([C@H]2[C@H](O)[C@H](O)[C@H](O)C[SH]2C)cc1Cc1ccc(OCC(=O)O)cc1. The van der Waals surface area contributed by atoms with E-state index in [1.165, 1.54) is 0 Å². The first-order valence-corrected chi connectivity index (χ1v) is 11.6. The van der Waals surface area contributed by atoms with E-state index in [-0.39, 0.29) is 11.9 Å². The molecule has 0 aliphatic carbocycles. The largest absolute Gasteiger partial charge is 0.482 e. The van der Waals surface area contributed by atoms with Crippen molar-refractivity contribution in [3.8, 4) is 5.75 Å². The summed E-state index contributed by atoms with van der Waals surface area (Å²) in [5.74, 6) is 0.00949. The van der Waals surface area contributed by atoms with Crippen LogP contribution < -0.4 is 4.74 Å². The third-order valence-electron chi connectivity index (χ3n) is 5.41. The van der Waals surface area contributed by atoms with E-state index in [1.54, 1.807) is 12.1 Å². The lowest BCUT2D eigenvalue weighted by atomic mass is 9.94. The maximum Gasteiger partial charge on any atom is 0.341 e. The summed E-state index contributed by atoms with van der Waals surface area (Å²) in [5, 5.41) is 39.1. The van der Waals surface area contributed by atoms with Gasteiger partial charge < -0.3 is 25.2 Å². The van der Waals surface area contributed by atoms with Crippen molar-refractivity contribution in [1.82, 2.24) is 0 Å². The molecule has 0 spiro atoms. The molecule has 0 bridgehead atoms. The zero-order valence-corrected chi connectivity index (χ0v) is 17.4. The van der Waals surface area contributed by atoms with Crippen molar-refractivity contribution >= 4 is 16.9 Å². The first kappa shape index (κ1) is 21.6. The molecule has 1 aliphatic heterocycles. The molecule has 4 N–H and O–H groups in total. The van der Waals surface area contributed by atoms with E-state index >= 15 is 0 Å². The Kier molecular flexibility index (Phi) is 6.85. The van der Waals surface area contributed by atoms with Gasteiger partial charge in [-0.25, -0.2) is 15.7 Å². The molecule has 6 nitrogen and oxygen atoms in total. The van der Waals surface area contributed by atoms with Crippen LogP contribution in [-0.4, -0.2) is 63.3 Å². The molecular formula is C22H28O6S. The second-order valence-electron chi connectivity index (χ2n) is 7.62. The smallest absolute Gasteiger partial charge is 0.341 e. The standard InChI is InChI=1S/C22H28O6S/c1-13-3-6-15(22-21(27)20(26)18(23)12-29(22)2)10-16(13)9-14-4-7-17(8-5-14)28-11-19(24)25/h3-8,10,18,20-23,26-27,29H,9,11-12H2,1-2H3,(H,24,25)/t18-,20-,21-,22+/m1/s1. The summed E-state index contributed by atoms with van der Waals surface area (Å²) >= 11 is 0. The van der Waals surface area contributed by atoms with Crippen LogP contribution in [0.2, 0.25) is 0 Å². The topological polar surface area (TPSA) is 107 Å². The van der Waals surface area contributed by atoms with E-state index in [9.17, 15) is 20.1 Å². The molecule has 5 atom stereocenters. The Balaban J connectivity index is 1.78. The highest BCUT2D eigenvalue weighted by Crippen LogP contribution is 2.48. The van der Waals surface area contributed by atoms with Gasteiger partial charge in [0.1, 0.15) is 11.9 Å². The predicted molar refractivity (Wildman–Crippen MR) is 114 cm³/mol. The van der Waals surface area contributed by atoms with Gasteiger partial charge in [0.25, 0.3) is 0 Å². The number of aliphatic hydroxyl groups excluding tert-OH is 3. The third kappa shape index (κ3) is 5.11. The van der Waals surface area contributed by atoms with E-state index in [4.69, 9.17) is 9.84 Å². The summed E-state index contributed by atoms with van der Waals surface area (Å²) in [7, 11) is -0.657. The average Bonchev–Trinajstić information content (AvgIpc) is 2.68. The molecule has 1 aliphatic rings. The third-order valence-corrected chi connectivity index (χ3v) is 7.92. The van der Waals surface area contributed by atoms with Crippen molar-refractivity contribution in [2.24, 2.45) is 0 Å². The fraction of sp³-hybridized carbons (Fsp3) is 0.409. The molecule has 1 heterocycles. The zero-order valence-electron chi connectivity index (χ0n) is 16.5. The lowest BCUT2D eigenvalue weighted by Gasteiger charge is -2.42. The zero-order chi connectivity index (χ0) is 21.1. The van der Waals surface area contributed by atoms with Gasteiger partial charge in [-0.3, -0.25) is 0 Å². The first-order valence-electron chi connectivity index (χ1n) is 9.53. The quantitative estimate of drug-likeness (QED) is 0.457. The second kappa shape index (κ2) is 9.17. The van der Waals surface area contributed by atoms with Crippen molar-refractivity contribution in [3.63, 3.8) is 0 Å². The van der Waals surface area contributed by atoms with Crippen molar-refractivity contribution in [2.45, 2.75) is 36.9 Å². The molecule has 1 unspecified atom stereocenters. The Morgan fingerprint density at radius 1 is 1.10 bits per heavy atom. The molecule has 29 heavy (non-hydrogen) atoms. The number of aliphatic carboxylic acids is 1. The number of benzene rings is 2. The lowest BCUT2D eigenvalue weighted by molar-refractivity contribution is -0.139. The van der Waals surface area contributed by atoms with E-state index in [1.807, 2.05) is 37.4 Å². The summed E-state index contributed by atoms with van der Waals surface area (Å²) in [6.45, 7) is 1.67. The predicted octanol–water partition coefficient (Wildman–Crippen LogP) is 1.82. The summed E-state index contributed by atoms with van der Waals surface area (Å²) in [6, 6.07) is 13.4. The normalized spacial score (nSPS) is 28.1. The minimum Gasteiger partial charge on any atom is -0.482 e. The van der Waals surface area contributed by atoms with Gasteiger partial charge in [-0.2, -0.15) is 0 Å². The van der Waals surface area contributed by atoms with Gasteiger partial charge in [-0.1, -0.05) is 30.3 Å². The summed E-state index contributed by atoms with van der Waals surface area (Å²) < 4.78 is 5.17. The van der Waals surface area contributed by atoms with Gasteiger partial charge in [-0.15, -0.1) is 0 Å². The van der Waals surface area contributed by atoms with Crippen molar-refractivity contribution in [2.75, 3.05) is 18.6 Å². The van der Waals surface area contributed by atoms with E-state index in [0.717, 1.165) is 22.3 Å². The molecule has 7 heteroatoms. The second-order valence-corrected chi connectivity index (χ2v) is 10.1. The van der Waals surface area contributed by atoms with Gasteiger partial charge in [0.05, 0.1) is 12.2 Å². The Hall–Kier alpha value is -2.06. The van der Waals surface area contributed by atoms with Crippen LogP contribution in [0.5, 0.6) is 5.75 Å². The number of carboxylic acid groups (broad SMARTS) is 1. The van der Waals surface area contributed by atoms with Crippen molar-refractivity contribution in [1.29, 1.82) is 0 Å². The van der Waals surface area contributed by atoms with Crippen LogP contribution in [0, 0.1) is 6.92 Å². The number of rotatable bonds is 6. The number of carbonyl (C=O) groups is 1. The number of ether oxygens (including phenoxy) is 1. The molecule has 2 aromatic rings. The van der Waals surface area contributed by atoms with Gasteiger partial charge in [0.15, 0.2) is 6.61 Å². The fourth-order valence-corrected chi connectivity index (χ4v) is 6.18. The minimum absolute atomic E-state index is 0.172. The van der Waals surface area contributed by atoms with Crippen LogP contribution in [0.3, 0.4) is 0 Å². The van der Waals surface area contributed by atoms with Crippen LogP contribution in [0.15, 0.2) is 42.5 Å². The summed E-state index contributed by atoms with van der Waals surface area (Å²) in [4.78, 5) is 10.6. The van der Waals surface area contributed by atoms with Crippen molar-refractivity contribution in [3.05, 3.63) is 64.7 Å². The molecule has 0 radical (unpaired) electrons. The van der Waals surface area contributed by atoms with Crippen LogP contribution >= 0.6 is 10.9 Å². The Morgan fingerprint density at radius 2 is 1.79 bits per heavy atom. The number of hydrogen-bond donors (Lipinski definition) is 5. The van der Waals surface area contributed by atoms with E-state index in [0.29, 0.717) is 17.9 Å². The van der Waals surface area contributed by atoms with Gasteiger partial charge >= 0.3 is 5.97 Å². The maximum atomic E-state index is 10.6. The summed E-state index contributed by atoms with van der Waals surface area (Å²) in [5.41, 5.74) is 4.30. The van der Waals surface area contributed by atoms with Crippen LogP contribution in [0.1, 0.15) is 27.5 Å². The minimum atomic E-state index is -1.12. The van der Waals surface area contributed by atoms with E-state index in [2.05, 4.69) is 6.07 Å². The van der Waals surface area contributed by atoms with Gasteiger partial charge in [-0.05, 0) is 54.0 Å². The molecule has 0 aromatic heterocycles. The number of hydrogen-bond acceptors (Lipinski definition) is 5. The molecule has 2 aromatic carbocycles. The fourth-order valence-electron chi connectivity index (χ4n) is 3.78. The lowest BCUT2D eigenvalue weighted by Crippen LogP contribution is -2.47. The number of aryl methyl sites for hydroxylation is 1. The summed E-state index contributed by atoms with van der Waals surface area (Å²) in [6.07, 6.45) is -0.232. The first-order chi connectivity index (χ1) is 13.8.